The highest BCUT2D eigenvalue weighted by molar-refractivity contribution is 6.21. The van der Waals surface area contributed by atoms with Crippen LogP contribution in [0.3, 0.4) is 0 Å². The van der Waals surface area contributed by atoms with E-state index in [4.69, 9.17) is 19.4 Å². The molecular weight excluding hydrogens is 316 g/mol. The van der Waals surface area contributed by atoms with Crippen molar-refractivity contribution in [2.45, 2.75) is 0 Å². The molecule has 2 aromatic carbocycles. The average Bonchev–Trinajstić information content (AvgIpc) is 3.12. The molecule has 1 aliphatic rings. The minimum Gasteiger partial charge on any atom is -0.454 e. The Morgan fingerprint density at radius 3 is 1.72 bits per heavy atom. The van der Waals surface area contributed by atoms with Gasteiger partial charge in [-0.05, 0) is 24.3 Å². The molecule has 0 fully saturated rings. The van der Waals surface area contributed by atoms with E-state index in [1.165, 1.54) is 0 Å². The second kappa shape index (κ2) is 4.51. The lowest BCUT2D eigenvalue weighted by molar-refractivity contribution is 0.174. The summed E-state index contributed by atoms with van der Waals surface area (Å²) in [6, 6.07) is 11.6. The minimum absolute atomic E-state index is 0.227. The van der Waals surface area contributed by atoms with Crippen LogP contribution in [-0.4, -0.2) is 26.7 Å². The van der Waals surface area contributed by atoms with Crippen LogP contribution >= 0.6 is 0 Å². The number of hydrogen-bond donors (Lipinski definition) is 0. The summed E-state index contributed by atoms with van der Waals surface area (Å²) in [7, 11) is 0. The zero-order valence-electron chi connectivity index (χ0n) is 12.9. The molecule has 6 heteroatoms. The lowest BCUT2D eigenvalue weighted by Gasteiger charge is -2.09. The zero-order valence-corrected chi connectivity index (χ0v) is 12.9. The second-order valence-electron chi connectivity index (χ2n) is 5.91. The van der Waals surface area contributed by atoms with Gasteiger partial charge in [0.05, 0.1) is 33.1 Å². The lowest BCUT2D eigenvalue weighted by Crippen LogP contribution is -1.93. The second-order valence-corrected chi connectivity index (χ2v) is 5.91. The third-order valence-electron chi connectivity index (χ3n) is 4.51. The van der Waals surface area contributed by atoms with E-state index in [0.717, 1.165) is 43.9 Å². The van der Waals surface area contributed by atoms with Crippen molar-refractivity contribution >= 4 is 43.9 Å². The standard InChI is InChI=1S/C19H10N4O2/c1-3-10-16(20-5-1)17-11(4-2-6-21-17)19-18(10)22-12-7-14-15(25-9-24-14)8-13(12)23-19/h1-8H,9H2. The largest absolute Gasteiger partial charge is 0.454 e. The van der Waals surface area contributed by atoms with Gasteiger partial charge in [-0.2, -0.15) is 0 Å². The predicted molar refractivity (Wildman–Crippen MR) is 93.8 cm³/mol. The first kappa shape index (κ1) is 12.8. The fraction of sp³-hybridized carbons (Fsp3) is 0.0526. The van der Waals surface area contributed by atoms with Crippen molar-refractivity contribution in [3.63, 3.8) is 0 Å². The van der Waals surface area contributed by atoms with Gasteiger partial charge in [-0.1, -0.05) is 0 Å². The van der Waals surface area contributed by atoms with Crippen molar-refractivity contribution in [3.05, 3.63) is 48.8 Å². The number of benzene rings is 2. The van der Waals surface area contributed by atoms with E-state index >= 15 is 0 Å². The van der Waals surface area contributed by atoms with Gasteiger partial charge in [0, 0.05) is 35.3 Å². The predicted octanol–water partition coefficient (Wildman–Crippen LogP) is 3.61. The number of ether oxygens (including phenoxy) is 2. The number of fused-ring (bicyclic) bond motifs is 8. The molecule has 0 saturated heterocycles. The molecule has 0 spiro atoms. The van der Waals surface area contributed by atoms with Gasteiger partial charge in [0.2, 0.25) is 6.79 Å². The van der Waals surface area contributed by atoms with Crippen LogP contribution in [0.25, 0.3) is 43.9 Å². The molecule has 0 amide bonds. The van der Waals surface area contributed by atoms with Crippen LogP contribution < -0.4 is 9.47 Å². The first-order valence-electron chi connectivity index (χ1n) is 7.91. The molecule has 0 N–H and O–H groups in total. The van der Waals surface area contributed by atoms with Crippen LogP contribution in [0.5, 0.6) is 11.5 Å². The van der Waals surface area contributed by atoms with E-state index in [1.54, 1.807) is 12.4 Å². The lowest BCUT2D eigenvalue weighted by atomic mass is 10.1. The van der Waals surface area contributed by atoms with Gasteiger partial charge in [0.15, 0.2) is 11.5 Å². The molecule has 0 aliphatic carbocycles. The first-order chi connectivity index (χ1) is 12.4. The van der Waals surface area contributed by atoms with Gasteiger partial charge < -0.3 is 9.47 Å². The van der Waals surface area contributed by atoms with Gasteiger partial charge in [0.25, 0.3) is 0 Å². The van der Waals surface area contributed by atoms with Crippen molar-refractivity contribution in [2.24, 2.45) is 0 Å². The van der Waals surface area contributed by atoms with Crippen LogP contribution in [0.15, 0.2) is 48.8 Å². The third kappa shape index (κ3) is 1.68. The van der Waals surface area contributed by atoms with Crippen LogP contribution in [-0.2, 0) is 0 Å². The summed E-state index contributed by atoms with van der Waals surface area (Å²) in [5.74, 6) is 1.40. The fourth-order valence-electron chi connectivity index (χ4n) is 3.39. The average molecular weight is 326 g/mol. The van der Waals surface area contributed by atoms with Gasteiger partial charge in [-0.15, -0.1) is 0 Å². The summed E-state index contributed by atoms with van der Waals surface area (Å²) >= 11 is 0. The molecule has 0 unspecified atom stereocenters. The topological polar surface area (TPSA) is 70.0 Å². The molecule has 4 heterocycles. The van der Waals surface area contributed by atoms with Crippen molar-refractivity contribution < 1.29 is 9.47 Å². The molecule has 5 aromatic rings. The quantitative estimate of drug-likeness (QED) is 0.320. The maximum Gasteiger partial charge on any atom is 0.231 e. The maximum atomic E-state index is 5.46. The Hall–Kier alpha value is -3.54. The Balaban J connectivity index is 1.88. The molecule has 0 saturated carbocycles. The molecule has 3 aromatic heterocycles. The molecule has 6 rings (SSSR count). The van der Waals surface area contributed by atoms with Crippen molar-refractivity contribution in [1.29, 1.82) is 0 Å². The van der Waals surface area contributed by atoms with Crippen LogP contribution in [0, 0.1) is 0 Å². The Kier molecular flexibility index (Phi) is 2.31. The van der Waals surface area contributed by atoms with Crippen molar-refractivity contribution in [2.75, 3.05) is 6.79 Å². The van der Waals surface area contributed by atoms with Crippen LogP contribution in [0.1, 0.15) is 0 Å². The molecule has 6 nitrogen and oxygen atoms in total. The number of hydrogen-bond acceptors (Lipinski definition) is 6. The molecule has 118 valence electrons. The Morgan fingerprint density at radius 1 is 0.680 bits per heavy atom. The molecule has 0 atom stereocenters. The maximum absolute atomic E-state index is 5.46. The molecular formula is C19H10N4O2. The summed E-state index contributed by atoms with van der Waals surface area (Å²) in [5.41, 5.74) is 4.83. The normalized spacial score (nSPS) is 13.3. The molecule has 1 aliphatic heterocycles. The van der Waals surface area contributed by atoms with Crippen molar-refractivity contribution in [3.8, 4) is 11.5 Å². The first-order valence-corrected chi connectivity index (χ1v) is 7.91. The van der Waals surface area contributed by atoms with Gasteiger partial charge in [-0.25, -0.2) is 9.97 Å². The smallest absolute Gasteiger partial charge is 0.231 e. The summed E-state index contributed by atoms with van der Waals surface area (Å²) in [6.07, 6.45) is 3.55. The summed E-state index contributed by atoms with van der Waals surface area (Å²) in [6.45, 7) is 0.227. The number of rotatable bonds is 0. The van der Waals surface area contributed by atoms with E-state index < -0.39 is 0 Å². The molecule has 0 radical (unpaired) electrons. The van der Waals surface area contributed by atoms with Gasteiger partial charge in [0.1, 0.15) is 0 Å². The van der Waals surface area contributed by atoms with E-state index in [-0.39, 0.29) is 6.79 Å². The Labute approximate surface area is 141 Å². The van der Waals surface area contributed by atoms with E-state index in [1.807, 2.05) is 36.4 Å². The fourth-order valence-corrected chi connectivity index (χ4v) is 3.39. The Bertz CT molecular complexity index is 1230. The SMILES string of the molecule is c1cnc2c(c1)c1nc3cc4c(cc3nc1c1cccnc12)OCO4. The molecule has 25 heavy (non-hydrogen) atoms. The van der Waals surface area contributed by atoms with E-state index in [0.29, 0.717) is 11.5 Å². The van der Waals surface area contributed by atoms with Crippen LogP contribution in [0.4, 0.5) is 0 Å². The van der Waals surface area contributed by atoms with E-state index in [9.17, 15) is 0 Å². The van der Waals surface area contributed by atoms with E-state index in [2.05, 4.69) is 9.97 Å². The van der Waals surface area contributed by atoms with Gasteiger partial charge >= 0.3 is 0 Å². The Morgan fingerprint density at radius 2 is 1.20 bits per heavy atom. The molecule has 0 bridgehead atoms. The third-order valence-corrected chi connectivity index (χ3v) is 4.51. The summed E-state index contributed by atoms with van der Waals surface area (Å²) in [5, 5.41) is 1.88. The highest BCUT2D eigenvalue weighted by atomic mass is 16.7. The number of nitrogens with zero attached hydrogens (tertiary/aromatic N) is 4. The number of aromatic nitrogens is 4. The van der Waals surface area contributed by atoms with Gasteiger partial charge in [-0.3, -0.25) is 9.97 Å². The zero-order chi connectivity index (χ0) is 16.4. The highest BCUT2D eigenvalue weighted by Crippen LogP contribution is 2.37. The minimum atomic E-state index is 0.227. The van der Waals surface area contributed by atoms with Crippen molar-refractivity contribution in [1.82, 2.24) is 19.9 Å². The monoisotopic (exact) mass is 326 g/mol. The van der Waals surface area contributed by atoms with Crippen LogP contribution in [0.2, 0.25) is 0 Å². The highest BCUT2D eigenvalue weighted by Gasteiger charge is 2.18. The number of pyridine rings is 2. The summed E-state index contributed by atoms with van der Waals surface area (Å²) < 4.78 is 10.9. The summed E-state index contributed by atoms with van der Waals surface area (Å²) in [4.78, 5) is 18.8.